The third-order valence-electron chi connectivity index (χ3n) is 3.25. The third-order valence-corrected chi connectivity index (χ3v) is 3.25. The zero-order valence-electron chi connectivity index (χ0n) is 7.88. The summed E-state index contributed by atoms with van der Waals surface area (Å²) in [7, 11) is 0. The first-order chi connectivity index (χ1) is 5.66. The minimum atomic E-state index is -0.0706. The van der Waals surface area contributed by atoms with Crippen LogP contribution in [-0.2, 0) is 0 Å². The van der Waals surface area contributed by atoms with Crippen molar-refractivity contribution < 1.29 is 0 Å². The largest absolute Gasteiger partial charge is 0.285 e. The van der Waals surface area contributed by atoms with Crippen LogP contribution >= 0.6 is 0 Å². The van der Waals surface area contributed by atoms with Gasteiger partial charge >= 0.3 is 0 Å². The predicted molar refractivity (Wildman–Crippen MR) is 47.5 cm³/mol. The van der Waals surface area contributed by atoms with Crippen molar-refractivity contribution in [2.24, 2.45) is 11.8 Å². The van der Waals surface area contributed by atoms with Gasteiger partial charge in [0, 0.05) is 13.1 Å². The van der Waals surface area contributed by atoms with Crippen LogP contribution in [0, 0.1) is 23.2 Å². The smallest absolute Gasteiger partial charge is 0.109 e. The van der Waals surface area contributed by atoms with E-state index in [1.54, 1.807) is 0 Å². The van der Waals surface area contributed by atoms with Gasteiger partial charge in [-0.1, -0.05) is 13.8 Å². The van der Waals surface area contributed by atoms with Gasteiger partial charge in [-0.3, -0.25) is 4.90 Å². The standard InChI is InChI=1S/C10H16N2/c1-8-3-10(7-11)4-9(2)6-12(10)5-8/h8-9H,3-6H2,1-2H3. The zero-order chi connectivity index (χ0) is 8.77. The van der Waals surface area contributed by atoms with Crippen LogP contribution in [0.2, 0.25) is 0 Å². The Morgan fingerprint density at radius 3 is 2.08 bits per heavy atom. The molecule has 2 atom stereocenters. The lowest BCUT2D eigenvalue weighted by Crippen LogP contribution is -2.36. The van der Waals surface area contributed by atoms with Crippen LogP contribution < -0.4 is 0 Å². The molecule has 2 fully saturated rings. The molecule has 66 valence electrons. The van der Waals surface area contributed by atoms with E-state index in [9.17, 15) is 5.26 Å². The molecule has 2 saturated heterocycles. The van der Waals surface area contributed by atoms with Crippen molar-refractivity contribution >= 4 is 0 Å². The first kappa shape index (κ1) is 8.07. The van der Waals surface area contributed by atoms with Crippen LogP contribution in [0.3, 0.4) is 0 Å². The highest BCUT2D eigenvalue weighted by Crippen LogP contribution is 2.42. The van der Waals surface area contributed by atoms with Crippen molar-refractivity contribution in [2.45, 2.75) is 32.2 Å². The van der Waals surface area contributed by atoms with Gasteiger partial charge in [0.05, 0.1) is 6.07 Å². The van der Waals surface area contributed by atoms with Crippen LogP contribution in [0.15, 0.2) is 0 Å². The first-order valence-electron chi connectivity index (χ1n) is 4.82. The van der Waals surface area contributed by atoms with Gasteiger partial charge in [0.2, 0.25) is 0 Å². The quantitative estimate of drug-likeness (QED) is 0.544. The second-order valence-corrected chi connectivity index (χ2v) is 4.67. The molecule has 2 unspecified atom stereocenters. The fraction of sp³-hybridized carbons (Fsp3) is 0.900. The fourth-order valence-electron chi connectivity index (χ4n) is 2.96. The molecule has 0 radical (unpaired) electrons. The van der Waals surface area contributed by atoms with Crippen LogP contribution in [0.25, 0.3) is 0 Å². The van der Waals surface area contributed by atoms with Crippen molar-refractivity contribution in [3.63, 3.8) is 0 Å². The molecule has 0 aliphatic carbocycles. The van der Waals surface area contributed by atoms with Gasteiger partial charge in [0.1, 0.15) is 5.54 Å². The zero-order valence-corrected chi connectivity index (χ0v) is 7.88. The van der Waals surface area contributed by atoms with E-state index >= 15 is 0 Å². The molecule has 2 aliphatic rings. The molecule has 2 heteroatoms. The van der Waals surface area contributed by atoms with Crippen molar-refractivity contribution in [3.8, 4) is 6.07 Å². The monoisotopic (exact) mass is 164 g/mol. The molecule has 0 aromatic heterocycles. The molecule has 0 aromatic rings. The van der Waals surface area contributed by atoms with Crippen molar-refractivity contribution in [1.82, 2.24) is 4.90 Å². The molecular formula is C10H16N2. The topological polar surface area (TPSA) is 27.0 Å². The summed E-state index contributed by atoms with van der Waals surface area (Å²) in [6.45, 7) is 6.78. The molecule has 2 heterocycles. The van der Waals surface area contributed by atoms with E-state index in [2.05, 4.69) is 24.8 Å². The van der Waals surface area contributed by atoms with Crippen LogP contribution in [0.1, 0.15) is 26.7 Å². The summed E-state index contributed by atoms with van der Waals surface area (Å²) in [6, 6.07) is 2.53. The Morgan fingerprint density at radius 2 is 1.75 bits per heavy atom. The van der Waals surface area contributed by atoms with Gasteiger partial charge in [-0.15, -0.1) is 0 Å². The van der Waals surface area contributed by atoms with E-state index in [4.69, 9.17) is 0 Å². The maximum absolute atomic E-state index is 9.17. The van der Waals surface area contributed by atoms with Gasteiger partial charge in [0.15, 0.2) is 0 Å². The first-order valence-corrected chi connectivity index (χ1v) is 4.82. The molecule has 2 rings (SSSR count). The molecule has 0 bridgehead atoms. The van der Waals surface area contributed by atoms with Crippen molar-refractivity contribution in [1.29, 1.82) is 5.26 Å². The maximum Gasteiger partial charge on any atom is 0.109 e. The summed E-state index contributed by atoms with van der Waals surface area (Å²) < 4.78 is 0. The van der Waals surface area contributed by atoms with Crippen LogP contribution in [-0.4, -0.2) is 23.5 Å². The highest BCUT2D eigenvalue weighted by Gasteiger charge is 2.49. The lowest BCUT2D eigenvalue weighted by atomic mass is 9.89. The highest BCUT2D eigenvalue weighted by molar-refractivity contribution is 5.16. The molecule has 2 aliphatic heterocycles. The fourth-order valence-corrected chi connectivity index (χ4v) is 2.96. The molecule has 0 spiro atoms. The van der Waals surface area contributed by atoms with Crippen LogP contribution in [0.4, 0.5) is 0 Å². The Kier molecular flexibility index (Phi) is 1.66. The summed E-state index contributed by atoms with van der Waals surface area (Å²) in [5.41, 5.74) is -0.0706. The van der Waals surface area contributed by atoms with E-state index < -0.39 is 0 Å². The number of hydrogen-bond donors (Lipinski definition) is 0. The number of nitriles is 1. The molecule has 0 N–H and O–H groups in total. The Balaban J connectivity index is 2.23. The number of fused-ring (bicyclic) bond motifs is 1. The van der Waals surface area contributed by atoms with E-state index in [1.807, 2.05) is 0 Å². The van der Waals surface area contributed by atoms with E-state index in [0.29, 0.717) is 0 Å². The van der Waals surface area contributed by atoms with Crippen molar-refractivity contribution in [2.75, 3.05) is 13.1 Å². The third kappa shape index (κ3) is 0.964. The molecule has 2 nitrogen and oxygen atoms in total. The Morgan fingerprint density at radius 1 is 1.25 bits per heavy atom. The van der Waals surface area contributed by atoms with E-state index in [-0.39, 0.29) is 5.54 Å². The van der Waals surface area contributed by atoms with Crippen molar-refractivity contribution in [3.05, 3.63) is 0 Å². The van der Waals surface area contributed by atoms with E-state index in [0.717, 1.165) is 37.8 Å². The Labute approximate surface area is 74.2 Å². The summed E-state index contributed by atoms with van der Waals surface area (Å²) in [6.07, 6.45) is 2.18. The second kappa shape index (κ2) is 2.47. The number of rotatable bonds is 0. The summed E-state index contributed by atoms with van der Waals surface area (Å²) in [5, 5.41) is 9.17. The lowest BCUT2D eigenvalue weighted by Gasteiger charge is -2.22. The number of hydrogen-bond acceptors (Lipinski definition) is 2. The molecular weight excluding hydrogens is 148 g/mol. The average molecular weight is 164 g/mol. The van der Waals surface area contributed by atoms with E-state index in [1.165, 1.54) is 0 Å². The van der Waals surface area contributed by atoms with Gasteiger partial charge in [-0.25, -0.2) is 0 Å². The van der Waals surface area contributed by atoms with Gasteiger partial charge in [0.25, 0.3) is 0 Å². The van der Waals surface area contributed by atoms with Crippen LogP contribution in [0.5, 0.6) is 0 Å². The number of nitrogens with zero attached hydrogens (tertiary/aromatic N) is 2. The maximum atomic E-state index is 9.17. The molecule has 0 saturated carbocycles. The Bertz CT molecular complexity index is 214. The summed E-state index contributed by atoms with van der Waals surface area (Å²) in [5.74, 6) is 1.44. The van der Waals surface area contributed by atoms with Gasteiger partial charge in [-0.05, 0) is 24.7 Å². The molecule has 0 aromatic carbocycles. The summed E-state index contributed by atoms with van der Waals surface area (Å²) >= 11 is 0. The van der Waals surface area contributed by atoms with Gasteiger partial charge < -0.3 is 0 Å². The second-order valence-electron chi connectivity index (χ2n) is 4.67. The Hall–Kier alpha value is -0.550. The normalized spacial score (nSPS) is 47.4. The minimum Gasteiger partial charge on any atom is -0.285 e. The highest BCUT2D eigenvalue weighted by atomic mass is 15.2. The molecule has 12 heavy (non-hydrogen) atoms. The molecule has 0 amide bonds. The minimum absolute atomic E-state index is 0.0706. The average Bonchev–Trinajstić information content (AvgIpc) is 2.40. The SMILES string of the molecule is CC1CN2CC(C)CC2(C#N)C1. The predicted octanol–water partition coefficient (Wildman–Crippen LogP) is 1.63. The lowest BCUT2D eigenvalue weighted by molar-refractivity contribution is 0.256. The summed E-state index contributed by atoms with van der Waals surface area (Å²) in [4.78, 5) is 2.39. The van der Waals surface area contributed by atoms with Gasteiger partial charge in [-0.2, -0.15) is 5.26 Å².